The fourth-order valence-electron chi connectivity index (χ4n) is 1.08. The predicted molar refractivity (Wildman–Crippen MR) is 56.2 cm³/mol. The van der Waals surface area contributed by atoms with Crippen LogP contribution in [0.25, 0.3) is 0 Å². The van der Waals surface area contributed by atoms with E-state index in [1.807, 2.05) is 0 Å². The van der Waals surface area contributed by atoms with Crippen molar-refractivity contribution in [3.63, 3.8) is 0 Å². The fraction of sp³-hybridized carbons (Fsp3) is 0.400. The number of anilines is 1. The molecule has 1 rings (SSSR count). The maximum absolute atomic E-state index is 13.2. The van der Waals surface area contributed by atoms with E-state index in [1.54, 1.807) is 6.92 Å². The molecule has 0 aliphatic carbocycles. The van der Waals surface area contributed by atoms with Gasteiger partial charge in [-0.25, -0.2) is 8.78 Å². The van der Waals surface area contributed by atoms with E-state index in [0.717, 1.165) is 12.1 Å². The van der Waals surface area contributed by atoms with Gasteiger partial charge in [-0.3, -0.25) is 0 Å². The Labute approximate surface area is 91.9 Å². The first-order valence-electron chi connectivity index (χ1n) is 4.61. The minimum atomic E-state index is -0.761. The van der Waals surface area contributed by atoms with E-state index in [4.69, 9.17) is 11.6 Å². The Kier molecular flexibility index (Phi) is 4.29. The molecule has 0 saturated heterocycles. The number of benzene rings is 1. The van der Waals surface area contributed by atoms with Crippen LogP contribution in [0.5, 0.6) is 0 Å². The average Bonchev–Trinajstić information content (AvgIpc) is 2.15. The van der Waals surface area contributed by atoms with Crippen LogP contribution < -0.4 is 5.32 Å². The van der Waals surface area contributed by atoms with Gasteiger partial charge < -0.3 is 10.4 Å². The highest BCUT2D eigenvalue weighted by atomic mass is 35.5. The summed E-state index contributed by atoms with van der Waals surface area (Å²) in [6.07, 6.45) is -0.0292. The summed E-state index contributed by atoms with van der Waals surface area (Å²) in [6, 6.07) is 1.76. The number of rotatable bonds is 4. The molecule has 1 unspecified atom stereocenters. The zero-order valence-electron chi connectivity index (χ0n) is 8.23. The number of hydrogen-bond donors (Lipinski definition) is 2. The zero-order valence-corrected chi connectivity index (χ0v) is 8.98. The molecule has 0 aliphatic rings. The second-order valence-corrected chi connectivity index (χ2v) is 3.59. The van der Waals surface area contributed by atoms with E-state index in [-0.39, 0.29) is 17.3 Å². The molecular formula is C10H12ClF2NO. The molecular weight excluding hydrogens is 224 g/mol. The third kappa shape index (κ3) is 3.32. The minimum absolute atomic E-state index is 0.0190. The van der Waals surface area contributed by atoms with Crippen LogP contribution in [0.15, 0.2) is 12.1 Å². The van der Waals surface area contributed by atoms with E-state index in [0.29, 0.717) is 6.42 Å². The first-order valence-corrected chi connectivity index (χ1v) is 4.98. The van der Waals surface area contributed by atoms with Gasteiger partial charge in [-0.05, 0) is 12.5 Å². The smallest absolute Gasteiger partial charge is 0.150 e. The molecule has 2 nitrogen and oxygen atoms in total. The molecule has 0 radical (unpaired) electrons. The van der Waals surface area contributed by atoms with Crippen molar-refractivity contribution < 1.29 is 13.9 Å². The Morgan fingerprint density at radius 1 is 1.47 bits per heavy atom. The number of halogens is 3. The van der Waals surface area contributed by atoms with Crippen LogP contribution in [-0.4, -0.2) is 17.8 Å². The summed E-state index contributed by atoms with van der Waals surface area (Å²) >= 11 is 5.64. The van der Waals surface area contributed by atoms with Crippen molar-refractivity contribution in [2.75, 3.05) is 11.9 Å². The molecule has 0 bridgehead atoms. The van der Waals surface area contributed by atoms with Crippen LogP contribution in [0.3, 0.4) is 0 Å². The summed E-state index contributed by atoms with van der Waals surface area (Å²) in [5, 5.41) is 11.9. The van der Waals surface area contributed by atoms with Crippen molar-refractivity contribution in [1.82, 2.24) is 0 Å². The molecule has 2 N–H and O–H groups in total. The largest absolute Gasteiger partial charge is 0.391 e. The first kappa shape index (κ1) is 12.2. The Morgan fingerprint density at radius 3 is 2.67 bits per heavy atom. The summed E-state index contributed by atoms with van der Waals surface area (Å²) in [4.78, 5) is 0. The van der Waals surface area contributed by atoms with E-state index in [9.17, 15) is 13.9 Å². The molecule has 15 heavy (non-hydrogen) atoms. The van der Waals surface area contributed by atoms with Crippen LogP contribution in [0, 0.1) is 11.6 Å². The van der Waals surface area contributed by atoms with Crippen LogP contribution in [0.1, 0.15) is 13.3 Å². The number of aliphatic hydroxyl groups is 1. The monoisotopic (exact) mass is 235 g/mol. The molecule has 1 aromatic rings. The number of aliphatic hydroxyl groups excluding tert-OH is 1. The minimum Gasteiger partial charge on any atom is -0.391 e. The third-order valence-corrected chi connectivity index (χ3v) is 2.29. The third-order valence-electron chi connectivity index (χ3n) is 1.99. The lowest BCUT2D eigenvalue weighted by Crippen LogP contribution is -2.19. The quantitative estimate of drug-likeness (QED) is 0.841. The predicted octanol–water partition coefficient (Wildman–Crippen LogP) is 2.80. The van der Waals surface area contributed by atoms with Crippen molar-refractivity contribution in [2.24, 2.45) is 0 Å². The van der Waals surface area contributed by atoms with E-state index >= 15 is 0 Å². The second kappa shape index (κ2) is 5.28. The molecule has 0 aromatic heterocycles. The standard InChI is InChI=1S/C10H12ClF2NO/c1-2-7(15)5-14-10-8(11)3-6(12)4-9(10)13/h3-4,7,14-15H,2,5H2,1H3. The molecule has 84 valence electrons. The van der Waals surface area contributed by atoms with Gasteiger partial charge >= 0.3 is 0 Å². The van der Waals surface area contributed by atoms with Crippen molar-refractivity contribution in [1.29, 1.82) is 0 Å². The summed E-state index contributed by atoms with van der Waals surface area (Å²) in [5.74, 6) is -1.48. The van der Waals surface area contributed by atoms with Crippen molar-refractivity contribution >= 4 is 17.3 Å². The Hall–Kier alpha value is -0.870. The van der Waals surface area contributed by atoms with Crippen LogP contribution in [-0.2, 0) is 0 Å². The maximum atomic E-state index is 13.2. The van der Waals surface area contributed by atoms with Gasteiger partial charge in [0, 0.05) is 12.6 Å². The molecule has 0 amide bonds. The number of hydrogen-bond acceptors (Lipinski definition) is 2. The Bertz CT molecular complexity index is 323. The van der Waals surface area contributed by atoms with Crippen LogP contribution in [0.2, 0.25) is 5.02 Å². The molecule has 1 aromatic carbocycles. The molecule has 0 spiro atoms. The van der Waals surface area contributed by atoms with Crippen LogP contribution >= 0.6 is 11.6 Å². The molecule has 1 atom stereocenters. The highest BCUT2D eigenvalue weighted by molar-refractivity contribution is 6.33. The highest BCUT2D eigenvalue weighted by Gasteiger charge is 2.10. The molecule has 0 fully saturated rings. The Balaban J connectivity index is 2.77. The van der Waals surface area contributed by atoms with Crippen LogP contribution in [0.4, 0.5) is 14.5 Å². The normalized spacial score (nSPS) is 12.6. The van der Waals surface area contributed by atoms with Crippen molar-refractivity contribution in [3.05, 3.63) is 28.8 Å². The van der Waals surface area contributed by atoms with E-state index in [1.165, 1.54) is 0 Å². The van der Waals surface area contributed by atoms with Gasteiger partial charge in [0.05, 0.1) is 16.8 Å². The Morgan fingerprint density at radius 2 is 2.13 bits per heavy atom. The van der Waals surface area contributed by atoms with Gasteiger partial charge in [-0.2, -0.15) is 0 Å². The van der Waals surface area contributed by atoms with Gasteiger partial charge in [-0.15, -0.1) is 0 Å². The summed E-state index contributed by atoms with van der Waals surface area (Å²) < 4.78 is 25.9. The molecule has 0 heterocycles. The van der Waals surface area contributed by atoms with Gasteiger partial charge in [0.2, 0.25) is 0 Å². The highest BCUT2D eigenvalue weighted by Crippen LogP contribution is 2.26. The molecule has 0 aliphatic heterocycles. The molecule has 0 saturated carbocycles. The van der Waals surface area contributed by atoms with Gasteiger partial charge in [0.15, 0.2) is 5.82 Å². The van der Waals surface area contributed by atoms with E-state index < -0.39 is 17.7 Å². The maximum Gasteiger partial charge on any atom is 0.150 e. The average molecular weight is 236 g/mol. The molecule has 5 heteroatoms. The summed E-state index contributed by atoms with van der Waals surface area (Å²) in [7, 11) is 0. The lowest BCUT2D eigenvalue weighted by molar-refractivity contribution is 0.183. The van der Waals surface area contributed by atoms with E-state index in [2.05, 4.69) is 5.32 Å². The lowest BCUT2D eigenvalue weighted by Gasteiger charge is -2.12. The zero-order chi connectivity index (χ0) is 11.4. The lowest BCUT2D eigenvalue weighted by atomic mass is 10.2. The van der Waals surface area contributed by atoms with Gasteiger partial charge in [0.1, 0.15) is 5.82 Å². The van der Waals surface area contributed by atoms with Gasteiger partial charge in [-0.1, -0.05) is 18.5 Å². The number of nitrogens with one attached hydrogen (secondary N) is 1. The topological polar surface area (TPSA) is 32.3 Å². The summed E-state index contributed by atoms with van der Waals surface area (Å²) in [6.45, 7) is 1.98. The summed E-state index contributed by atoms with van der Waals surface area (Å²) in [5.41, 5.74) is 0.0190. The fourth-order valence-corrected chi connectivity index (χ4v) is 1.34. The second-order valence-electron chi connectivity index (χ2n) is 3.19. The van der Waals surface area contributed by atoms with Crippen molar-refractivity contribution in [2.45, 2.75) is 19.4 Å². The SMILES string of the molecule is CCC(O)CNc1c(F)cc(F)cc1Cl. The van der Waals surface area contributed by atoms with Crippen molar-refractivity contribution in [3.8, 4) is 0 Å². The first-order chi connectivity index (χ1) is 7.04. The van der Waals surface area contributed by atoms with Gasteiger partial charge in [0.25, 0.3) is 0 Å².